The molecule has 2 aliphatic rings. The number of hydrogen-bond donors (Lipinski definition) is 1. The number of carboxylic acids is 1. The molecule has 6 heteroatoms. The summed E-state index contributed by atoms with van der Waals surface area (Å²) >= 11 is 0. The molecule has 0 radical (unpaired) electrons. The molecule has 0 aromatic carbocycles. The van der Waals surface area contributed by atoms with E-state index in [1.54, 1.807) is 6.92 Å². The van der Waals surface area contributed by atoms with Crippen LogP contribution in [0.4, 0.5) is 5.95 Å². The second kappa shape index (κ2) is 5.36. The van der Waals surface area contributed by atoms with Gasteiger partial charge in [-0.05, 0) is 26.3 Å². The predicted molar refractivity (Wildman–Crippen MR) is 75.2 cm³/mol. The molecule has 0 amide bonds. The van der Waals surface area contributed by atoms with Crippen molar-refractivity contribution in [2.75, 3.05) is 31.1 Å². The number of rotatable bonds is 2. The number of piperazine rings is 1. The van der Waals surface area contributed by atoms with Gasteiger partial charge in [0.1, 0.15) is 0 Å². The molecule has 1 N–H and O–H groups in total. The van der Waals surface area contributed by atoms with Gasteiger partial charge in [-0.1, -0.05) is 6.42 Å². The fraction of sp³-hybridized carbons (Fsp3) is 0.643. The van der Waals surface area contributed by atoms with Crippen LogP contribution >= 0.6 is 0 Å². The molecular weight excluding hydrogens is 256 g/mol. The van der Waals surface area contributed by atoms with Gasteiger partial charge in [0.2, 0.25) is 5.95 Å². The van der Waals surface area contributed by atoms with Gasteiger partial charge in [-0.25, -0.2) is 14.8 Å². The summed E-state index contributed by atoms with van der Waals surface area (Å²) in [7, 11) is 0. The summed E-state index contributed by atoms with van der Waals surface area (Å²) < 4.78 is 0. The fourth-order valence-electron chi connectivity index (χ4n) is 3.15. The Labute approximate surface area is 118 Å². The molecule has 3 heterocycles. The molecule has 1 aromatic heterocycles. The Morgan fingerprint density at radius 3 is 2.95 bits per heavy atom. The monoisotopic (exact) mass is 276 g/mol. The molecule has 0 aliphatic carbocycles. The summed E-state index contributed by atoms with van der Waals surface area (Å²) in [5, 5.41) is 9.02. The molecule has 0 saturated carbocycles. The molecule has 2 fully saturated rings. The number of carboxylic acid groups (broad SMARTS) is 1. The van der Waals surface area contributed by atoms with E-state index in [0.717, 1.165) is 19.6 Å². The number of nitrogens with zero attached hydrogens (tertiary/aromatic N) is 4. The molecule has 0 spiro atoms. The maximum Gasteiger partial charge on any atom is 0.339 e. The van der Waals surface area contributed by atoms with Crippen LogP contribution in [0.15, 0.2) is 6.20 Å². The lowest BCUT2D eigenvalue weighted by atomic mass is 10.00. The third kappa shape index (κ3) is 2.47. The quantitative estimate of drug-likeness (QED) is 0.874. The van der Waals surface area contributed by atoms with Crippen LogP contribution in [0.2, 0.25) is 0 Å². The maximum atomic E-state index is 11.0. The van der Waals surface area contributed by atoms with Crippen molar-refractivity contribution in [1.29, 1.82) is 0 Å². The third-order valence-corrected chi connectivity index (χ3v) is 4.32. The number of aryl methyl sites for hydroxylation is 1. The van der Waals surface area contributed by atoms with Crippen molar-refractivity contribution in [1.82, 2.24) is 14.9 Å². The van der Waals surface area contributed by atoms with E-state index in [-0.39, 0.29) is 5.56 Å². The zero-order valence-corrected chi connectivity index (χ0v) is 11.7. The van der Waals surface area contributed by atoms with Gasteiger partial charge in [-0.3, -0.25) is 4.90 Å². The molecule has 1 unspecified atom stereocenters. The summed E-state index contributed by atoms with van der Waals surface area (Å²) in [6.07, 6.45) is 5.27. The molecule has 2 saturated heterocycles. The SMILES string of the molecule is Cc1nc(N2CCN3CCCCC3C2)ncc1C(=O)O. The lowest BCUT2D eigenvalue weighted by Crippen LogP contribution is -2.55. The molecular formula is C14H20N4O2. The molecule has 0 bridgehead atoms. The number of anilines is 1. The highest BCUT2D eigenvalue weighted by atomic mass is 16.4. The Bertz CT molecular complexity index is 520. The summed E-state index contributed by atoms with van der Waals surface area (Å²) in [6.45, 7) is 5.85. The zero-order chi connectivity index (χ0) is 14.1. The Morgan fingerprint density at radius 1 is 1.35 bits per heavy atom. The molecule has 108 valence electrons. The fourth-order valence-corrected chi connectivity index (χ4v) is 3.15. The first-order valence-electron chi connectivity index (χ1n) is 7.21. The molecule has 20 heavy (non-hydrogen) atoms. The first kappa shape index (κ1) is 13.3. The number of fused-ring (bicyclic) bond motifs is 1. The van der Waals surface area contributed by atoms with Crippen molar-refractivity contribution < 1.29 is 9.90 Å². The van der Waals surface area contributed by atoms with Gasteiger partial charge >= 0.3 is 5.97 Å². The number of aromatic carboxylic acids is 1. The number of hydrogen-bond acceptors (Lipinski definition) is 5. The minimum Gasteiger partial charge on any atom is -0.478 e. The van der Waals surface area contributed by atoms with E-state index in [1.165, 1.54) is 32.0 Å². The van der Waals surface area contributed by atoms with Crippen molar-refractivity contribution >= 4 is 11.9 Å². The highest BCUT2D eigenvalue weighted by molar-refractivity contribution is 5.88. The van der Waals surface area contributed by atoms with E-state index in [9.17, 15) is 4.79 Å². The van der Waals surface area contributed by atoms with E-state index < -0.39 is 5.97 Å². The van der Waals surface area contributed by atoms with Gasteiger partial charge in [0.05, 0.1) is 11.3 Å². The topological polar surface area (TPSA) is 69.6 Å². The smallest absolute Gasteiger partial charge is 0.339 e. The largest absolute Gasteiger partial charge is 0.478 e. The highest BCUT2D eigenvalue weighted by Gasteiger charge is 2.30. The van der Waals surface area contributed by atoms with E-state index in [2.05, 4.69) is 19.8 Å². The third-order valence-electron chi connectivity index (χ3n) is 4.32. The van der Waals surface area contributed by atoms with Crippen LogP contribution in [0, 0.1) is 6.92 Å². The zero-order valence-electron chi connectivity index (χ0n) is 11.7. The van der Waals surface area contributed by atoms with Crippen LogP contribution in [-0.4, -0.2) is 58.2 Å². The van der Waals surface area contributed by atoms with Gasteiger partial charge in [0.25, 0.3) is 0 Å². The summed E-state index contributed by atoms with van der Waals surface area (Å²) in [4.78, 5) is 24.3. The van der Waals surface area contributed by atoms with Gasteiger partial charge < -0.3 is 10.0 Å². The minimum absolute atomic E-state index is 0.185. The van der Waals surface area contributed by atoms with E-state index in [4.69, 9.17) is 5.11 Å². The van der Waals surface area contributed by atoms with E-state index >= 15 is 0 Å². The van der Waals surface area contributed by atoms with Gasteiger partial charge in [-0.2, -0.15) is 0 Å². The predicted octanol–water partition coefficient (Wildman–Crippen LogP) is 1.16. The second-order valence-corrected chi connectivity index (χ2v) is 5.61. The van der Waals surface area contributed by atoms with E-state index in [0.29, 0.717) is 17.7 Å². The summed E-state index contributed by atoms with van der Waals surface area (Å²) in [5.74, 6) is -0.302. The average molecular weight is 276 g/mol. The molecule has 1 atom stereocenters. The number of piperidine rings is 1. The Hall–Kier alpha value is -1.69. The number of aromatic nitrogens is 2. The standard InChI is InChI=1S/C14H20N4O2/c1-10-12(13(19)20)8-15-14(16-10)18-7-6-17-5-3-2-4-11(17)9-18/h8,11H,2-7,9H2,1H3,(H,19,20). The summed E-state index contributed by atoms with van der Waals surface area (Å²) in [6, 6.07) is 0.598. The van der Waals surface area contributed by atoms with Crippen LogP contribution in [0.5, 0.6) is 0 Å². The molecule has 6 nitrogen and oxygen atoms in total. The Kier molecular flexibility index (Phi) is 3.56. The maximum absolute atomic E-state index is 11.0. The van der Waals surface area contributed by atoms with E-state index in [1.807, 2.05) is 0 Å². The normalized spacial score (nSPS) is 23.4. The Balaban J connectivity index is 1.76. The summed E-state index contributed by atoms with van der Waals surface area (Å²) in [5.41, 5.74) is 0.721. The lowest BCUT2D eigenvalue weighted by Gasteiger charge is -2.44. The van der Waals surface area contributed by atoms with Gasteiger partial charge in [0.15, 0.2) is 0 Å². The van der Waals surface area contributed by atoms with Crippen LogP contribution in [0.25, 0.3) is 0 Å². The van der Waals surface area contributed by atoms with Gasteiger partial charge in [-0.15, -0.1) is 0 Å². The number of carbonyl (C=O) groups is 1. The van der Waals surface area contributed by atoms with Crippen molar-refractivity contribution in [3.05, 3.63) is 17.5 Å². The average Bonchev–Trinajstić information content (AvgIpc) is 2.46. The minimum atomic E-state index is -0.967. The molecule has 2 aliphatic heterocycles. The highest BCUT2D eigenvalue weighted by Crippen LogP contribution is 2.23. The van der Waals surface area contributed by atoms with Crippen molar-refractivity contribution in [3.8, 4) is 0 Å². The Morgan fingerprint density at radius 2 is 2.20 bits per heavy atom. The van der Waals surface area contributed by atoms with Crippen molar-refractivity contribution in [3.63, 3.8) is 0 Å². The first-order valence-corrected chi connectivity index (χ1v) is 7.21. The van der Waals surface area contributed by atoms with Crippen LogP contribution < -0.4 is 4.90 Å². The van der Waals surface area contributed by atoms with Crippen LogP contribution in [0.3, 0.4) is 0 Å². The van der Waals surface area contributed by atoms with Crippen LogP contribution in [-0.2, 0) is 0 Å². The lowest BCUT2D eigenvalue weighted by molar-refractivity contribution is 0.0695. The van der Waals surface area contributed by atoms with Crippen molar-refractivity contribution in [2.24, 2.45) is 0 Å². The van der Waals surface area contributed by atoms with Crippen LogP contribution in [0.1, 0.15) is 35.3 Å². The molecule has 3 rings (SSSR count). The van der Waals surface area contributed by atoms with Gasteiger partial charge in [0, 0.05) is 31.9 Å². The van der Waals surface area contributed by atoms with Crippen molar-refractivity contribution in [2.45, 2.75) is 32.2 Å². The second-order valence-electron chi connectivity index (χ2n) is 5.61. The first-order chi connectivity index (χ1) is 9.65. The molecule has 1 aromatic rings.